The number of carbonyl (C=O) groups excluding carboxylic acids is 2. The summed E-state index contributed by atoms with van der Waals surface area (Å²) in [4.78, 5) is 26.3. The van der Waals surface area contributed by atoms with E-state index >= 15 is 0 Å². The average molecular weight is 591 g/mol. The van der Waals surface area contributed by atoms with E-state index in [2.05, 4.69) is 83.1 Å². The maximum absolute atomic E-state index is 11.8. The fraction of sp³-hybridized carbons (Fsp3) is 0.750. The molecule has 42 heavy (non-hydrogen) atoms. The zero-order valence-corrected chi connectivity index (χ0v) is 29.6. The zero-order chi connectivity index (χ0) is 33.6. The number of carboxylic acid groups (broad SMARTS) is 2. The van der Waals surface area contributed by atoms with Gasteiger partial charge in [0.15, 0.2) is 0 Å². The number of carbonyl (C=O) groups is 2. The summed E-state index contributed by atoms with van der Waals surface area (Å²) in [5.74, 6) is 1.25. The molecule has 0 aromatic carbocycles. The summed E-state index contributed by atoms with van der Waals surface area (Å²) in [7, 11) is 0. The van der Waals surface area contributed by atoms with E-state index in [0.717, 1.165) is 0 Å². The van der Waals surface area contributed by atoms with E-state index in [4.69, 9.17) is 0 Å². The van der Waals surface area contributed by atoms with Gasteiger partial charge in [0, 0.05) is 0 Å². The Morgan fingerprint density at radius 3 is 0.929 bits per heavy atom. The second-order valence-electron chi connectivity index (χ2n) is 16.9. The molecule has 0 aliphatic carbocycles. The molecular formula is C32H58N6O4. The molecule has 0 saturated heterocycles. The number of anilines is 2. The van der Waals surface area contributed by atoms with Gasteiger partial charge in [-0.3, -0.25) is 0 Å². The quantitative estimate of drug-likeness (QED) is 0.482. The Bertz CT molecular complexity index is 1090. The molecule has 0 aliphatic rings. The number of hydrogen-bond donors (Lipinski definition) is 0. The lowest BCUT2D eigenvalue weighted by atomic mass is 10.1. The van der Waals surface area contributed by atoms with Gasteiger partial charge >= 0.3 is 11.9 Å². The first-order valence-corrected chi connectivity index (χ1v) is 14.6. The molecule has 10 heteroatoms. The van der Waals surface area contributed by atoms with E-state index in [0.29, 0.717) is 11.9 Å². The predicted molar refractivity (Wildman–Crippen MR) is 164 cm³/mol. The van der Waals surface area contributed by atoms with E-state index in [1.165, 1.54) is 9.80 Å². The molecule has 2 aromatic rings. The van der Waals surface area contributed by atoms with Crippen LogP contribution in [-0.4, -0.2) is 32.4 Å². The number of hydrogen-bond acceptors (Lipinski definition) is 4. The second-order valence-corrected chi connectivity index (χ2v) is 16.9. The normalized spacial score (nSPS) is 13.4. The van der Waals surface area contributed by atoms with Crippen LogP contribution in [-0.2, 0) is 22.2 Å². The van der Waals surface area contributed by atoms with Crippen molar-refractivity contribution in [3.05, 3.63) is 24.8 Å². The Hall–Kier alpha value is -3.04. The van der Waals surface area contributed by atoms with Crippen molar-refractivity contribution in [1.29, 1.82) is 0 Å². The van der Waals surface area contributed by atoms with Crippen molar-refractivity contribution < 1.29 is 28.9 Å². The van der Waals surface area contributed by atoms with Crippen LogP contribution in [0.5, 0.6) is 0 Å². The highest BCUT2D eigenvalue weighted by molar-refractivity contribution is 5.83. The maximum atomic E-state index is 11.8. The Balaban J connectivity index is 0.000000420. The number of aromatic nitrogens is 4. The first kappa shape index (κ1) is 37.0. The summed E-state index contributed by atoms with van der Waals surface area (Å²) in [5, 5.41) is 23.6. The lowest BCUT2D eigenvalue weighted by Gasteiger charge is -2.35. The first-order valence-electron chi connectivity index (χ1n) is 14.6. The van der Waals surface area contributed by atoms with E-state index in [-0.39, 0.29) is 22.2 Å². The summed E-state index contributed by atoms with van der Waals surface area (Å²) in [6.45, 7) is 35.9. The summed E-state index contributed by atoms with van der Waals surface area (Å²) < 4.78 is 7.94. The molecule has 240 valence electrons. The Morgan fingerprint density at radius 2 is 0.786 bits per heavy atom. The van der Waals surface area contributed by atoms with Crippen molar-refractivity contribution in [2.24, 2.45) is 0 Å². The summed E-state index contributed by atoms with van der Waals surface area (Å²) in [6, 6.07) is 0. The van der Waals surface area contributed by atoms with Crippen LogP contribution in [0.15, 0.2) is 24.8 Å². The average Bonchev–Trinajstić information content (AvgIpc) is 3.29. The predicted octanol–water partition coefficient (Wildman–Crippen LogP) is 4.47. The molecule has 2 rings (SSSR count). The molecule has 0 radical (unpaired) electrons. The van der Waals surface area contributed by atoms with Crippen molar-refractivity contribution in [3.63, 3.8) is 0 Å². The molecule has 0 saturated carbocycles. The topological polar surface area (TPSA) is 104 Å². The molecular weight excluding hydrogens is 532 g/mol. The smallest absolute Gasteiger partial charge is 0.367 e. The van der Waals surface area contributed by atoms with Gasteiger partial charge in [0.2, 0.25) is 12.2 Å². The molecule has 2 aromatic heterocycles. The maximum Gasteiger partial charge on any atom is 0.367 e. The van der Waals surface area contributed by atoms with Crippen LogP contribution < -0.4 is 29.1 Å². The third-order valence-corrected chi connectivity index (χ3v) is 6.59. The minimum absolute atomic E-state index is 0.231. The number of nitrogens with zero attached hydrogens (tertiary/aromatic N) is 6. The standard InChI is InChI=1S/2C16H29N3O2/c2*1-14(2,3)17-10-11-18(15(4,5)6)12(17)19(13(20)21)16(7,8)9/h2*10-11H,1-9H3. The largest absolute Gasteiger partial charge is 0.517 e. The number of amides is 2. The van der Waals surface area contributed by atoms with Crippen molar-refractivity contribution >= 4 is 24.1 Å². The second kappa shape index (κ2) is 11.6. The molecule has 0 bridgehead atoms. The lowest BCUT2D eigenvalue weighted by Crippen LogP contribution is -2.61. The Kier molecular flexibility index (Phi) is 10.2. The van der Waals surface area contributed by atoms with E-state index in [1.807, 2.05) is 84.6 Å². The van der Waals surface area contributed by atoms with Crippen LogP contribution in [0.25, 0.3) is 0 Å². The van der Waals surface area contributed by atoms with E-state index in [1.54, 1.807) is 0 Å². The van der Waals surface area contributed by atoms with Crippen LogP contribution in [0.1, 0.15) is 125 Å². The van der Waals surface area contributed by atoms with E-state index < -0.39 is 23.3 Å². The van der Waals surface area contributed by atoms with Gasteiger partial charge in [0.05, 0.1) is 58.0 Å². The van der Waals surface area contributed by atoms with Crippen LogP contribution >= 0.6 is 0 Å². The third kappa shape index (κ3) is 8.51. The van der Waals surface area contributed by atoms with Gasteiger partial charge in [-0.2, -0.15) is 0 Å². The fourth-order valence-corrected chi connectivity index (χ4v) is 4.60. The number of imidazole rings is 2. The van der Waals surface area contributed by atoms with Gasteiger partial charge in [-0.1, -0.05) is 0 Å². The van der Waals surface area contributed by atoms with Crippen LogP contribution in [0.4, 0.5) is 21.5 Å². The molecule has 10 nitrogen and oxygen atoms in total. The van der Waals surface area contributed by atoms with Crippen molar-refractivity contribution in [1.82, 2.24) is 9.13 Å². The molecule has 0 fully saturated rings. The van der Waals surface area contributed by atoms with Crippen molar-refractivity contribution in [3.8, 4) is 0 Å². The van der Waals surface area contributed by atoms with Gasteiger partial charge in [0.25, 0.3) is 0 Å². The minimum Gasteiger partial charge on any atom is -0.517 e. The molecule has 2 heterocycles. The molecule has 0 aliphatic heterocycles. The summed E-state index contributed by atoms with van der Waals surface area (Å²) in [6.07, 6.45) is 5.35. The lowest BCUT2D eigenvalue weighted by molar-refractivity contribution is -0.742. The van der Waals surface area contributed by atoms with Gasteiger partial charge in [-0.05, 0) is 125 Å². The first-order chi connectivity index (χ1) is 18.3. The van der Waals surface area contributed by atoms with Crippen LogP contribution in [0, 0.1) is 0 Å². The van der Waals surface area contributed by atoms with Crippen LogP contribution in [0.3, 0.4) is 0 Å². The molecule has 0 N–H and O–H groups in total. The van der Waals surface area contributed by atoms with Gasteiger partial charge in [-0.25, -0.2) is 28.1 Å². The number of rotatable bonds is 2. The zero-order valence-electron chi connectivity index (χ0n) is 29.6. The summed E-state index contributed by atoms with van der Waals surface area (Å²) >= 11 is 0. The van der Waals surface area contributed by atoms with Crippen molar-refractivity contribution in [2.45, 2.75) is 158 Å². The monoisotopic (exact) mass is 590 g/mol. The Labute approximate surface area is 254 Å². The highest BCUT2D eigenvalue weighted by Crippen LogP contribution is 2.29. The SMILES string of the molecule is CC(C)(C)N(C(=O)[O-])c1n(C(C)(C)C)cc[n+]1C(C)(C)C.CC(C)(C)N(C(=O)[O-])c1n(C(C)(C)C)cc[n+]1C(C)(C)C. The highest BCUT2D eigenvalue weighted by Gasteiger charge is 2.42. The fourth-order valence-electron chi connectivity index (χ4n) is 4.60. The van der Waals surface area contributed by atoms with Gasteiger partial charge in [0.1, 0.15) is 0 Å². The molecule has 0 atom stereocenters. The van der Waals surface area contributed by atoms with Gasteiger partial charge < -0.3 is 19.8 Å². The molecule has 0 unspecified atom stereocenters. The Morgan fingerprint density at radius 1 is 0.548 bits per heavy atom. The summed E-state index contributed by atoms with van der Waals surface area (Å²) in [5.41, 5.74) is -2.11. The van der Waals surface area contributed by atoms with E-state index in [9.17, 15) is 19.8 Å². The van der Waals surface area contributed by atoms with Gasteiger partial charge in [-0.15, -0.1) is 0 Å². The molecule has 0 spiro atoms. The highest BCUT2D eigenvalue weighted by atomic mass is 16.4. The van der Waals surface area contributed by atoms with Crippen LogP contribution in [0.2, 0.25) is 0 Å². The van der Waals surface area contributed by atoms with Crippen molar-refractivity contribution in [2.75, 3.05) is 9.80 Å². The third-order valence-electron chi connectivity index (χ3n) is 6.59. The molecule has 2 amide bonds. The minimum atomic E-state index is -1.19.